The molecular weight excluding hydrogens is 300 g/mol. The number of aliphatic hydroxyl groups is 1. The Morgan fingerprint density at radius 2 is 1.87 bits per heavy atom. The first-order valence-electron chi connectivity index (χ1n) is 7.46. The third-order valence-electron chi connectivity index (χ3n) is 3.66. The summed E-state index contributed by atoms with van der Waals surface area (Å²) in [6, 6.07) is 12.7. The smallest absolute Gasteiger partial charge is 0.224 e. The highest BCUT2D eigenvalue weighted by Crippen LogP contribution is 2.18. The van der Waals surface area contributed by atoms with Gasteiger partial charge in [-0.2, -0.15) is 0 Å². The summed E-state index contributed by atoms with van der Waals surface area (Å²) in [5.74, 6) is -1.74. The van der Waals surface area contributed by atoms with Gasteiger partial charge in [-0.05, 0) is 23.6 Å². The van der Waals surface area contributed by atoms with Gasteiger partial charge >= 0.3 is 0 Å². The van der Waals surface area contributed by atoms with Crippen molar-refractivity contribution in [1.82, 2.24) is 5.32 Å². The molecule has 2 aromatic carbocycles. The lowest BCUT2D eigenvalue weighted by Crippen LogP contribution is -2.30. The van der Waals surface area contributed by atoms with E-state index in [1.165, 1.54) is 6.07 Å². The van der Waals surface area contributed by atoms with Crippen LogP contribution in [0.2, 0.25) is 0 Å². The highest BCUT2D eigenvalue weighted by atomic mass is 19.1. The number of aliphatic hydroxyl groups excluding tert-OH is 1. The standard InChI is InChI=1S/C18H19F2NO2/c19-16-7-6-14(17(20)11-16)10-18(23)21-12-15(8-9-22)13-4-2-1-3-5-13/h1-7,11,15,22H,8-10,12H2,(H,21,23). The van der Waals surface area contributed by atoms with Crippen molar-refractivity contribution in [3.63, 3.8) is 0 Å². The normalized spacial score (nSPS) is 12.0. The average Bonchev–Trinajstić information content (AvgIpc) is 2.55. The molecule has 1 atom stereocenters. The van der Waals surface area contributed by atoms with E-state index in [0.717, 1.165) is 17.7 Å². The maximum Gasteiger partial charge on any atom is 0.224 e. The van der Waals surface area contributed by atoms with Crippen LogP contribution in [-0.4, -0.2) is 24.2 Å². The van der Waals surface area contributed by atoms with E-state index in [2.05, 4.69) is 5.32 Å². The summed E-state index contributed by atoms with van der Waals surface area (Å²) in [7, 11) is 0. The topological polar surface area (TPSA) is 49.3 Å². The summed E-state index contributed by atoms with van der Waals surface area (Å²) >= 11 is 0. The zero-order valence-corrected chi connectivity index (χ0v) is 12.6. The number of amides is 1. The van der Waals surface area contributed by atoms with E-state index >= 15 is 0 Å². The molecule has 23 heavy (non-hydrogen) atoms. The van der Waals surface area contributed by atoms with Crippen molar-refractivity contribution in [3.05, 3.63) is 71.3 Å². The lowest BCUT2D eigenvalue weighted by atomic mass is 9.96. The first-order chi connectivity index (χ1) is 11.1. The van der Waals surface area contributed by atoms with Gasteiger partial charge in [0.15, 0.2) is 0 Å². The Bertz CT molecular complexity index is 647. The Morgan fingerprint density at radius 1 is 1.13 bits per heavy atom. The molecule has 0 aromatic heterocycles. The molecule has 122 valence electrons. The first-order valence-corrected chi connectivity index (χ1v) is 7.46. The monoisotopic (exact) mass is 319 g/mol. The minimum atomic E-state index is -0.727. The summed E-state index contributed by atoms with van der Waals surface area (Å²) in [6.45, 7) is 0.369. The van der Waals surface area contributed by atoms with Gasteiger partial charge < -0.3 is 10.4 Å². The van der Waals surface area contributed by atoms with E-state index in [4.69, 9.17) is 5.11 Å². The van der Waals surface area contributed by atoms with E-state index < -0.39 is 11.6 Å². The number of hydrogen-bond donors (Lipinski definition) is 2. The molecule has 5 heteroatoms. The summed E-state index contributed by atoms with van der Waals surface area (Å²) in [4.78, 5) is 12.0. The number of benzene rings is 2. The number of halogens is 2. The zero-order chi connectivity index (χ0) is 16.7. The summed E-state index contributed by atoms with van der Waals surface area (Å²) in [5.41, 5.74) is 1.18. The fourth-order valence-corrected chi connectivity index (χ4v) is 2.41. The van der Waals surface area contributed by atoms with Crippen LogP contribution in [0, 0.1) is 11.6 Å². The van der Waals surface area contributed by atoms with Gasteiger partial charge in [0.25, 0.3) is 0 Å². The highest BCUT2D eigenvalue weighted by Gasteiger charge is 2.14. The molecule has 3 nitrogen and oxygen atoms in total. The van der Waals surface area contributed by atoms with Crippen LogP contribution in [0.25, 0.3) is 0 Å². The van der Waals surface area contributed by atoms with Crippen molar-refractivity contribution < 1.29 is 18.7 Å². The quantitative estimate of drug-likeness (QED) is 0.824. The highest BCUT2D eigenvalue weighted by molar-refractivity contribution is 5.78. The number of hydrogen-bond acceptors (Lipinski definition) is 2. The van der Waals surface area contributed by atoms with Crippen LogP contribution in [0.4, 0.5) is 8.78 Å². The molecule has 0 fully saturated rings. The maximum atomic E-state index is 13.5. The molecule has 0 aliphatic rings. The van der Waals surface area contributed by atoms with Gasteiger partial charge in [-0.3, -0.25) is 4.79 Å². The van der Waals surface area contributed by atoms with Crippen molar-refractivity contribution in [2.24, 2.45) is 0 Å². The van der Waals surface area contributed by atoms with Crippen LogP contribution in [-0.2, 0) is 11.2 Å². The van der Waals surface area contributed by atoms with Crippen LogP contribution >= 0.6 is 0 Å². The maximum absolute atomic E-state index is 13.5. The summed E-state index contributed by atoms with van der Waals surface area (Å²) in [5, 5.41) is 11.9. The van der Waals surface area contributed by atoms with Crippen LogP contribution in [0.1, 0.15) is 23.5 Å². The third kappa shape index (κ3) is 5.14. The zero-order valence-electron chi connectivity index (χ0n) is 12.6. The summed E-state index contributed by atoms with van der Waals surface area (Å²) < 4.78 is 26.4. The molecule has 2 rings (SSSR count). The Labute approximate surface area is 134 Å². The Morgan fingerprint density at radius 3 is 2.52 bits per heavy atom. The number of carbonyl (C=O) groups excluding carboxylic acids is 1. The molecule has 2 N–H and O–H groups in total. The Hall–Kier alpha value is -2.27. The Balaban J connectivity index is 1.94. The van der Waals surface area contributed by atoms with Gasteiger partial charge in [-0.15, -0.1) is 0 Å². The van der Waals surface area contributed by atoms with Crippen molar-refractivity contribution in [2.75, 3.05) is 13.2 Å². The molecule has 0 spiro atoms. The lowest BCUT2D eigenvalue weighted by Gasteiger charge is -2.17. The summed E-state index contributed by atoms with van der Waals surface area (Å²) in [6.07, 6.45) is 0.377. The SMILES string of the molecule is O=C(Cc1ccc(F)cc1F)NCC(CCO)c1ccccc1. The fourth-order valence-electron chi connectivity index (χ4n) is 2.41. The molecule has 0 aliphatic carbocycles. The van der Waals surface area contributed by atoms with Gasteiger partial charge in [-0.25, -0.2) is 8.78 Å². The van der Waals surface area contributed by atoms with E-state index in [1.54, 1.807) is 0 Å². The van der Waals surface area contributed by atoms with Gasteiger partial charge in [0, 0.05) is 25.1 Å². The van der Waals surface area contributed by atoms with Gasteiger partial charge in [-0.1, -0.05) is 36.4 Å². The second kappa shape index (κ2) is 8.39. The van der Waals surface area contributed by atoms with E-state index in [9.17, 15) is 13.6 Å². The average molecular weight is 319 g/mol. The largest absolute Gasteiger partial charge is 0.396 e. The molecule has 2 aromatic rings. The molecule has 1 unspecified atom stereocenters. The lowest BCUT2D eigenvalue weighted by molar-refractivity contribution is -0.120. The molecular formula is C18H19F2NO2. The number of rotatable bonds is 7. The predicted molar refractivity (Wildman–Crippen MR) is 84.0 cm³/mol. The molecule has 0 radical (unpaired) electrons. The van der Waals surface area contributed by atoms with Gasteiger partial charge in [0.1, 0.15) is 11.6 Å². The second-order valence-corrected chi connectivity index (χ2v) is 5.34. The third-order valence-corrected chi connectivity index (χ3v) is 3.66. The predicted octanol–water partition coefficient (Wildman–Crippen LogP) is 2.79. The molecule has 0 bridgehead atoms. The van der Waals surface area contributed by atoms with Crippen LogP contribution in [0.5, 0.6) is 0 Å². The Kier molecular flexibility index (Phi) is 6.23. The molecule has 1 amide bonds. The van der Waals surface area contributed by atoms with Crippen molar-refractivity contribution in [2.45, 2.75) is 18.8 Å². The van der Waals surface area contributed by atoms with E-state index in [-0.39, 0.29) is 30.4 Å². The number of nitrogens with one attached hydrogen (secondary N) is 1. The van der Waals surface area contributed by atoms with E-state index in [0.29, 0.717) is 13.0 Å². The molecule has 0 aliphatic heterocycles. The second-order valence-electron chi connectivity index (χ2n) is 5.34. The van der Waals surface area contributed by atoms with Crippen molar-refractivity contribution >= 4 is 5.91 Å². The minimum Gasteiger partial charge on any atom is -0.396 e. The van der Waals surface area contributed by atoms with Gasteiger partial charge in [0.05, 0.1) is 6.42 Å². The van der Waals surface area contributed by atoms with Gasteiger partial charge in [0.2, 0.25) is 5.91 Å². The van der Waals surface area contributed by atoms with Crippen LogP contribution in [0.15, 0.2) is 48.5 Å². The van der Waals surface area contributed by atoms with Crippen LogP contribution < -0.4 is 5.32 Å². The van der Waals surface area contributed by atoms with Crippen LogP contribution in [0.3, 0.4) is 0 Å². The first kappa shape index (κ1) is 17.1. The van der Waals surface area contributed by atoms with Crippen molar-refractivity contribution in [1.29, 1.82) is 0 Å². The molecule has 0 heterocycles. The molecule has 0 saturated carbocycles. The minimum absolute atomic E-state index is 0.0109. The number of carbonyl (C=O) groups is 1. The fraction of sp³-hybridized carbons (Fsp3) is 0.278. The van der Waals surface area contributed by atoms with Crippen molar-refractivity contribution in [3.8, 4) is 0 Å². The molecule has 0 saturated heterocycles. The van der Waals surface area contributed by atoms with E-state index in [1.807, 2.05) is 30.3 Å².